The van der Waals surface area contributed by atoms with Crippen LogP contribution in [-0.2, 0) is 13.0 Å². The number of benzene rings is 1. The highest BCUT2D eigenvalue weighted by Crippen LogP contribution is 2.17. The van der Waals surface area contributed by atoms with Crippen LogP contribution >= 0.6 is 0 Å². The molecule has 0 saturated heterocycles. The maximum absolute atomic E-state index is 4.75. The number of nitrogens with zero attached hydrogens (tertiary/aromatic N) is 2. The SMILES string of the molecule is CCCCCn1c(CCNC)nc2ccccc21. The van der Waals surface area contributed by atoms with E-state index in [1.54, 1.807) is 0 Å². The van der Waals surface area contributed by atoms with Crippen molar-refractivity contribution < 1.29 is 0 Å². The maximum atomic E-state index is 4.75. The van der Waals surface area contributed by atoms with E-state index in [1.807, 2.05) is 7.05 Å². The van der Waals surface area contributed by atoms with Crippen LogP contribution in [0.3, 0.4) is 0 Å². The Morgan fingerprint density at radius 1 is 1.22 bits per heavy atom. The number of likely N-dealkylation sites (N-methyl/N-ethyl adjacent to an activating group) is 1. The number of para-hydroxylation sites is 2. The third-order valence-corrected chi connectivity index (χ3v) is 3.32. The van der Waals surface area contributed by atoms with E-state index < -0.39 is 0 Å². The molecule has 0 radical (unpaired) electrons. The van der Waals surface area contributed by atoms with E-state index in [2.05, 4.69) is 41.1 Å². The summed E-state index contributed by atoms with van der Waals surface area (Å²) in [5.74, 6) is 1.21. The number of hydrogen-bond acceptors (Lipinski definition) is 2. The third kappa shape index (κ3) is 2.91. The molecule has 2 rings (SSSR count). The Morgan fingerprint density at radius 3 is 2.83 bits per heavy atom. The van der Waals surface area contributed by atoms with Gasteiger partial charge in [0.25, 0.3) is 0 Å². The molecule has 0 aliphatic carbocycles. The summed E-state index contributed by atoms with van der Waals surface area (Å²) in [6.07, 6.45) is 4.79. The Labute approximate surface area is 109 Å². The molecule has 2 aromatic rings. The van der Waals surface area contributed by atoms with Crippen molar-refractivity contribution in [1.29, 1.82) is 0 Å². The van der Waals surface area contributed by atoms with Gasteiger partial charge in [0, 0.05) is 19.5 Å². The van der Waals surface area contributed by atoms with Gasteiger partial charge in [0.05, 0.1) is 11.0 Å². The number of aryl methyl sites for hydroxylation is 1. The summed E-state index contributed by atoms with van der Waals surface area (Å²) >= 11 is 0. The zero-order chi connectivity index (χ0) is 12.8. The quantitative estimate of drug-likeness (QED) is 0.760. The molecule has 3 nitrogen and oxygen atoms in total. The van der Waals surface area contributed by atoms with E-state index in [4.69, 9.17) is 4.98 Å². The molecule has 18 heavy (non-hydrogen) atoms. The van der Waals surface area contributed by atoms with Gasteiger partial charge in [0.15, 0.2) is 0 Å². The minimum Gasteiger partial charge on any atom is -0.328 e. The Morgan fingerprint density at radius 2 is 2.06 bits per heavy atom. The van der Waals surface area contributed by atoms with Crippen LogP contribution in [0.15, 0.2) is 24.3 Å². The predicted octanol–water partition coefficient (Wildman–Crippen LogP) is 2.99. The topological polar surface area (TPSA) is 29.9 Å². The number of nitrogens with one attached hydrogen (secondary N) is 1. The van der Waals surface area contributed by atoms with Gasteiger partial charge >= 0.3 is 0 Å². The van der Waals surface area contributed by atoms with E-state index in [0.717, 1.165) is 25.0 Å². The molecule has 0 spiro atoms. The normalized spacial score (nSPS) is 11.2. The Hall–Kier alpha value is -1.35. The first-order valence-corrected chi connectivity index (χ1v) is 6.95. The van der Waals surface area contributed by atoms with Crippen molar-refractivity contribution in [3.63, 3.8) is 0 Å². The zero-order valence-corrected chi connectivity index (χ0v) is 11.4. The highest BCUT2D eigenvalue weighted by atomic mass is 15.1. The molecular weight excluding hydrogens is 222 g/mol. The van der Waals surface area contributed by atoms with Crippen molar-refractivity contribution in [2.45, 2.75) is 39.2 Å². The largest absolute Gasteiger partial charge is 0.328 e. The first-order chi connectivity index (χ1) is 8.86. The number of hydrogen-bond donors (Lipinski definition) is 1. The molecule has 0 aliphatic heterocycles. The fourth-order valence-electron chi connectivity index (χ4n) is 2.32. The fraction of sp³-hybridized carbons (Fsp3) is 0.533. The second-order valence-corrected chi connectivity index (χ2v) is 4.73. The molecule has 0 fully saturated rings. The van der Waals surface area contributed by atoms with Gasteiger partial charge in [-0.05, 0) is 25.6 Å². The van der Waals surface area contributed by atoms with E-state index in [9.17, 15) is 0 Å². The Kier molecular flexibility index (Phi) is 4.76. The van der Waals surface area contributed by atoms with E-state index in [1.165, 1.54) is 30.6 Å². The summed E-state index contributed by atoms with van der Waals surface area (Å²) in [6, 6.07) is 8.45. The number of unbranched alkanes of at least 4 members (excludes halogenated alkanes) is 2. The molecule has 1 heterocycles. The van der Waals surface area contributed by atoms with Gasteiger partial charge in [-0.1, -0.05) is 31.9 Å². The third-order valence-electron chi connectivity index (χ3n) is 3.32. The summed E-state index contributed by atoms with van der Waals surface area (Å²) in [4.78, 5) is 4.75. The van der Waals surface area contributed by atoms with Gasteiger partial charge in [-0.15, -0.1) is 0 Å². The molecule has 0 atom stereocenters. The van der Waals surface area contributed by atoms with Crippen molar-refractivity contribution in [3.05, 3.63) is 30.1 Å². The van der Waals surface area contributed by atoms with Gasteiger partial charge in [-0.25, -0.2) is 4.98 Å². The molecule has 98 valence electrons. The van der Waals surface area contributed by atoms with Crippen molar-refractivity contribution in [2.75, 3.05) is 13.6 Å². The minimum absolute atomic E-state index is 0.983. The lowest BCUT2D eigenvalue weighted by atomic mass is 10.2. The van der Waals surface area contributed by atoms with Crippen LogP contribution in [0.2, 0.25) is 0 Å². The molecule has 0 bridgehead atoms. The van der Waals surface area contributed by atoms with Crippen molar-refractivity contribution >= 4 is 11.0 Å². The molecule has 1 N–H and O–H groups in total. The van der Waals surface area contributed by atoms with Crippen LogP contribution in [-0.4, -0.2) is 23.1 Å². The molecule has 0 unspecified atom stereocenters. The minimum atomic E-state index is 0.983. The number of fused-ring (bicyclic) bond motifs is 1. The van der Waals surface area contributed by atoms with Crippen LogP contribution in [0, 0.1) is 0 Å². The van der Waals surface area contributed by atoms with Crippen LogP contribution in [0.4, 0.5) is 0 Å². The van der Waals surface area contributed by atoms with E-state index in [0.29, 0.717) is 0 Å². The predicted molar refractivity (Wildman–Crippen MR) is 76.9 cm³/mol. The van der Waals surface area contributed by atoms with Gasteiger partial charge in [-0.2, -0.15) is 0 Å². The molecule has 3 heteroatoms. The van der Waals surface area contributed by atoms with Gasteiger partial charge < -0.3 is 9.88 Å². The maximum Gasteiger partial charge on any atom is 0.111 e. The van der Waals surface area contributed by atoms with Gasteiger partial charge in [-0.3, -0.25) is 0 Å². The Bertz CT molecular complexity index is 487. The lowest BCUT2D eigenvalue weighted by molar-refractivity contribution is 0.585. The molecular formula is C15H23N3. The van der Waals surface area contributed by atoms with Crippen molar-refractivity contribution in [1.82, 2.24) is 14.9 Å². The first kappa shape index (κ1) is 13.1. The van der Waals surface area contributed by atoms with Gasteiger partial charge in [0.1, 0.15) is 5.82 Å². The monoisotopic (exact) mass is 245 g/mol. The van der Waals surface area contributed by atoms with Crippen molar-refractivity contribution in [2.24, 2.45) is 0 Å². The van der Waals surface area contributed by atoms with Crippen LogP contribution in [0.5, 0.6) is 0 Å². The standard InChI is InChI=1S/C15H23N3/c1-3-4-7-12-18-14-9-6-5-8-13(14)17-15(18)10-11-16-2/h5-6,8-9,16H,3-4,7,10-12H2,1-2H3. The Balaban J connectivity index is 2.25. The smallest absolute Gasteiger partial charge is 0.111 e. The van der Waals surface area contributed by atoms with Crippen LogP contribution in [0.1, 0.15) is 32.0 Å². The molecule has 1 aromatic carbocycles. The summed E-state index contributed by atoms with van der Waals surface area (Å²) < 4.78 is 2.39. The zero-order valence-electron chi connectivity index (χ0n) is 11.4. The molecule has 0 aliphatic rings. The lowest BCUT2D eigenvalue weighted by Crippen LogP contribution is -2.14. The second-order valence-electron chi connectivity index (χ2n) is 4.73. The molecule has 1 aromatic heterocycles. The highest BCUT2D eigenvalue weighted by Gasteiger charge is 2.09. The summed E-state index contributed by atoms with van der Waals surface area (Å²) in [6.45, 7) is 4.32. The highest BCUT2D eigenvalue weighted by molar-refractivity contribution is 5.75. The summed E-state index contributed by atoms with van der Waals surface area (Å²) in [7, 11) is 1.99. The molecule has 0 saturated carbocycles. The average molecular weight is 245 g/mol. The van der Waals surface area contributed by atoms with Crippen molar-refractivity contribution in [3.8, 4) is 0 Å². The average Bonchev–Trinajstić information content (AvgIpc) is 2.75. The van der Waals surface area contributed by atoms with Gasteiger partial charge in [0.2, 0.25) is 0 Å². The molecule has 0 amide bonds. The van der Waals surface area contributed by atoms with E-state index in [-0.39, 0.29) is 0 Å². The first-order valence-electron chi connectivity index (χ1n) is 6.95. The number of rotatable bonds is 7. The number of imidazole rings is 1. The van der Waals surface area contributed by atoms with E-state index >= 15 is 0 Å². The second kappa shape index (κ2) is 6.55. The van der Waals surface area contributed by atoms with Crippen LogP contribution in [0.25, 0.3) is 11.0 Å². The summed E-state index contributed by atoms with van der Waals surface area (Å²) in [5, 5.41) is 3.20. The summed E-state index contributed by atoms with van der Waals surface area (Å²) in [5.41, 5.74) is 2.40. The lowest BCUT2D eigenvalue weighted by Gasteiger charge is -2.08. The van der Waals surface area contributed by atoms with Crippen LogP contribution < -0.4 is 5.32 Å². The fourth-order valence-corrected chi connectivity index (χ4v) is 2.32. The number of aromatic nitrogens is 2.